The number of carbonyl (C=O) groups is 1. The summed E-state index contributed by atoms with van der Waals surface area (Å²) in [6.45, 7) is 5.89. The van der Waals surface area contributed by atoms with Crippen LogP contribution in [-0.4, -0.2) is 25.7 Å². The maximum atomic E-state index is 12.7. The van der Waals surface area contributed by atoms with E-state index in [0.29, 0.717) is 23.5 Å². The van der Waals surface area contributed by atoms with Gasteiger partial charge in [-0.15, -0.1) is 0 Å². The van der Waals surface area contributed by atoms with Gasteiger partial charge in [0.15, 0.2) is 0 Å². The Labute approximate surface area is 179 Å². The molecule has 7 nitrogen and oxygen atoms in total. The third-order valence-electron chi connectivity index (χ3n) is 4.93. The van der Waals surface area contributed by atoms with Crippen LogP contribution in [0, 0.1) is 13.8 Å². The van der Waals surface area contributed by atoms with Gasteiger partial charge in [-0.2, -0.15) is 5.10 Å². The van der Waals surface area contributed by atoms with Gasteiger partial charge in [-0.05, 0) is 62.7 Å². The molecule has 2 N–H and O–H groups in total. The number of benzene rings is 2. The minimum Gasteiger partial charge on any atom is -0.322 e. The summed E-state index contributed by atoms with van der Waals surface area (Å²) in [7, 11) is 0. The molecule has 0 atom stereocenters. The zero-order chi connectivity index (χ0) is 22.0. The SMILES string of the molecule is CCc1cc(=O)[nH]c(-c2cccc(NC(=O)c3ccc(-n4nc(C)cc4C)cc3)c2)n1. The van der Waals surface area contributed by atoms with Crippen molar-refractivity contribution in [2.24, 2.45) is 0 Å². The minimum absolute atomic E-state index is 0.195. The first-order valence-corrected chi connectivity index (χ1v) is 10.1. The molecule has 0 spiro atoms. The van der Waals surface area contributed by atoms with Gasteiger partial charge >= 0.3 is 0 Å². The van der Waals surface area contributed by atoms with Crippen molar-refractivity contribution < 1.29 is 4.79 Å². The van der Waals surface area contributed by atoms with Gasteiger partial charge in [0, 0.05) is 34.3 Å². The summed E-state index contributed by atoms with van der Waals surface area (Å²) in [5.74, 6) is 0.260. The number of anilines is 1. The fourth-order valence-electron chi connectivity index (χ4n) is 3.42. The van der Waals surface area contributed by atoms with Crippen LogP contribution < -0.4 is 10.9 Å². The van der Waals surface area contributed by atoms with Crippen molar-refractivity contribution >= 4 is 11.6 Å². The van der Waals surface area contributed by atoms with Gasteiger partial charge in [0.2, 0.25) is 0 Å². The smallest absolute Gasteiger partial charge is 0.255 e. The highest BCUT2D eigenvalue weighted by Crippen LogP contribution is 2.20. The number of nitrogens with one attached hydrogen (secondary N) is 2. The molecule has 0 bridgehead atoms. The topological polar surface area (TPSA) is 92.7 Å². The number of aromatic amines is 1. The molecule has 31 heavy (non-hydrogen) atoms. The van der Waals surface area contributed by atoms with E-state index in [0.717, 1.165) is 28.3 Å². The predicted molar refractivity (Wildman–Crippen MR) is 121 cm³/mol. The fraction of sp³-hybridized carbons (Fsp3) is 0.167. The van der Waals surface area contributed by atoms with Crippen LogP contribution in [0.4, 0.5) is 5.69 Å². The third-order valence-corrected chi connectivity index (χ3v) is 4.93. The Balaban J connectivity index is 1.54. The molecule has 0 saturated carbocycles. The average Bonchev–Trinajstić information content (AvgIpc) is 3.11. The van der Waals surface area contributed by atoms with E-state index < -0.39 is 0 Å². The number of rotatable bonds is 5. The van der Waals surface area contributed by atoms with E-state index in [1.807, 2.05) is 55.8 Å². The van der Waals surface area contributed by atoms with Crippen LogP contribution in [0.1, 0.15) is 34.4 Å². The van der Waals surface area contributed by atoms with Crippen molar-refractivity contribution in [2.75, 3.05) is 5.32 Å². The highest BCUT2D eigenvalue weighted by atomic mass is 16.1. The van der Waals surface area contributed by atoms with E-state index in [1.165, 1.54) is 6.07 Å². The summed E-state index contributed by atoms with van der Waals surface area (Å²) in [5, 5.41) is 7.37. The number of nitrogens with zero attached hydrogens (tertiary/aromatic N) is 3. The van der Waals surface area contributed by atoms with Gasteiger partial charge < -0.3 is 10.3 Å². The van der Waals surface area contributed by atoms with Crippen LogP contribution in [0.3, 0.4) is 0 Å². The molecule has 0 fully saturated rings. The molecular weight excluding hydrogens is 390 g/mol. The molecule has 0 radical (unpaired) electrons. The Kier molecular flexibility index (Phi) is 5.49. The molecule has 7 heteroatoms. The fourth-order valence-corrected chi connectivity index (χ4v) is 3.42. The number of hydrogen-bond donors (Lipinski definition) is 2. The van der Waals surface area contributed by atoms with Gasteiger partial charge in [-0.1, -0.05) is 19.1 Å². The molecule has 4 aromatic rings. The van der Waals surface area contributed by atoms with E-state index in [4.69, 9.17) is 0 Å². The van der Waals surface area contributed by atoms with Crippen LogP contribution in [0.5, 0.6) is 0 Å². The van der Waals surface area contributed by atoms with E-state index >= 15 is 0 Å². The molecule has 0 unspecified atom stereocenters. The maximum absolute atomic E-state index is 12.7. The monoisotopic (exact) mass is 413 g/mol. The zero-order valence-electron chi connectivity index (χ0n) is 17.6. The highest BCUT2D eigenvalue weighted by molar-refractivity contribution is 6.04. The van der Waals surface area contributed by atoms with Crippen molar-refractivity contribution in [3.63, 3.8) is 0 Å². The largest absolute Gasteiger partial charge is 0.322 e. The number of hydrogen-bond acceptors (Lipinski definition) is 4. The molecule has 0 aliphatic heterocycles. The zero-order valence-corrected chi connectivity index (χ0v) is 17.6. The summed E-state index contributed by atoms with van der Waals surface area (Å²) in [5.41, 5.74) is 5.28. The molecule has 1 amide bonds. The molecule has 4 rings (SSSR count). The van der Waals surface area contributed by atoms with E-state index in [-0.39, 0.29) is 11.5 Å². The van der Waals surface area contributed by atoms with Crippen LogP contribution in [0.2, 0.25) is 0 Å². The Morgan fingerprint density at radius 1 is 1.06 bits per heavy atom. The first-order valence-electron chi connectivity index (χ1n) is 10.1. The van der Waals surface area contributed by atoms with Crippen LogP contribution >= 0.6 is 0 Å². The second kappa shape index (κ2) is 8.39. The molecule has 156 valence electrons. The maximum Gasteiger partial charge on any atom is 0.255 e. The summed E-state index contributed by atoms with van der Waals surface area (Å²) in [4.78, 5) is 31.8. The molecule has 0 aliphatic carbocycles. The Morgan fingerprint density at radius 2 is 1.84 bits per heavy atom. The third kappa shape index (κ3) is 4.45. The number of H-pyrrole nitrogens is 1. The van der Waals surface area contributed by atoms with Gasteiger partial charge in [0.25, 0.3) is 11.5 Å². The lowest BCUT2D eigenvalue weighted by Crippen LogP contribution is -2.13. The number of carbonyl (C=O) groups excluding carboxylic acids is 1. The molecule has 2 aromatic carbocycles. The van der Waals surface area contributed by atoms with Crippen molar-refractivity contribution in [2.45, 2.75) is 27.2 Å². The molecule has 2 heterocycles. The first kappa shape index (κ1) is 20.3. The number of aromatic nitrogens is 4. The standard InChI is InChI=1S/C24H23N5O2/c1-4-19-14-22(30)27-23(25-19)18-6-5-7-20(13-18)26-24(31)17-8-10-21(11-9-17)29-16(3)12-15(2)28-29/h5-14H,4H2,1-3H3,(H,26,31)(H,25,27,30). The van der Waals surface area contributed by atoms with E-state index in [2.05, 4.69) is 20.4 Å². The molecule has 0 aliphatic rings. The predicted octanol–water partition coefficient (Wildman–Crippen LogP) is 4.05. The molecular formula is C24H23N5O2. The van der Waals surface area contributed by atoms with Crippen molar-refractivity contribution in [1.29, 1.82) is 0 Å². The lowest BCUT2D eigenvalue weighted by atomic mass is 10.1. The van der Waals surface area contributed by atoms with E-state index in [9.17, 15) is 9.59 Å². The molecule has 2 aromatic heterocycles. The van der Waals surface area contributed by atoms with Crippen LogP contribution in [-0.2, 0) is 6.42 Å². The second-order valence-corrected chi connectivity index (χ2v) is 7.36. The first-order chi connectivity index (χ1) is 14.9. The Morgan fingerprint density at radius 3 is 2.52 bits per heavy atom. The van der Waals surface area contributed by atoms with Crippen molar-refractivity contribution in [3.8, 4) is 17.1 Å². The van der Waals surface area contributed by atoms with Crippen LogP contribution in [0.15, 0.2) is 65.5 Å². The normalized spacial score (nSPS) is 10.8. The lowest BCUT2D eigenvalue weighted by Gasteiger charge is -2.09. The number of amides is 1. The Bertz CT molecular complexity index is 1300. The van der Waals surface area contributed by atoms with Gasteiger partial charge in [-0.25, -0.2) is 9.67 Å². The summed E-state index contributed by atoms with van der Waals surface area (Å²) >= 11 is 0. The van der Waals surface area contributed by atoms with Gasteiger partial charge in [0.1, 0.15) is 5.82 Å². The summed E-state index contributed by atoms with van der Waals surface area (Å²) in [6, 6.07) is 18.0. The molecule has 0 saturated heterocycles. The Hall–Kier alpha value is -4.00. The van der Waals surface area contributed by atoms with Crippen molar-refractivity contribution in [3.05, 3.63) is 93.7 Å². The number of aryl methyl sites for hydroxylation is 3. The van der Waals surface area contributed by atoms with Gasteiger partial charge in [0.05, 0.1) is 11.4 Å². The van der Waals surface area contributed by atoms with E-state index in [1.54, 1.807) is 24.3 Å². The van der Waals surface area contributed by atoms with Crippen molar-refractivity contribution in [1.82, 2.24) is 19.7 Å². The van der Waals surface area contributed by atoms with Crippen LogP contribution in [0.25, 0.3) is 17.1 Å². The quantitative estimate of drug-likeness (QED) is 0.516. The van der Waals surface area contributed by atoms with Gasteiger partial charge in [-0.3, -0.25) is 9.59 Å². The summed E-state index contributed by atoms with van der Waals surface area (Å²) in [6.07, 6.45) is 0.668. The lowest BCUT2D eigenvalue weighted by molar-refractivity contribution is 0.102. The second-order valence-electron chi connectivity index (χ2n) is 7.36. The highest BCUT2D eigenvalue weighted by Gasteiger charge is 2.10. The average molecular weight is 413 g/mol. The summed E-state index contributed by atoms with van der Waals surface area (Å²) < 4.78 is 1.85. The minimum atomic E-state index is -0.221.